The van der Waals surface area contributed by atoms with Gasteiger partial charge in [-0.25, -0.2) is 0 Å². The molecule has 0 aliphatic carbocycles. The second kappa shape index (κ2) is 6.95. The van der Waals surface area contributed by atoms with E-state index in [9.17, 15) is 0 Å². The fourth-order valence-corrected chi connectivity index (χ4v) is 2.43. The molecule has 0 N–H and O–H groups in total. The highest BCUT2D eigenvalue weighted by molar-refractivity contribution is 6.17. The van der Waals surface area contributed by atoms with Gasteiger partial charge in [0.25, 0.3) is 0 Å². The molecule has 1 heterocycles. The zero-order valence-electron chi connectivity index (χ0n) is 10.7. The molecule has 0 amide bonds. The lowest BCUT2D eigenvalue weighted by molar-refractivity contribution is 0.531. The van der Waals surface area contributed by atoms with E-state index in [1.807, 2.05) is 0 Å². The molecule has 0 aliphatic heterocycles. The number of alkyl halides is 1. The largest absolute Gasteiger partial charge is 0.269 e. The summed E-state index contributed by atoms with van der Waals surface area (Å²) in [5.74, 6) is 0.597. The molecule has 0 spiro atoms. The molecule has 2 nitrogen and oxygen atoms in total. The van der Waals surface area contributed by atoms with Gasteiger partial charge in [-0.15, -0.1) is 11.6 Å². The summed E-state index contributed by atoms with van der Waals surface area (Å²) in [6.45, 7) is 7.60. The van der Waals surface area contributed by atoms with Gasteiger partial charge in [0.1, 0.15) is 0 Å². The molecule has 0 aliphatic rings. The summed E-state index contributed by atoms with van der Waals surface area (Å²) < 4.78 is 2.17. The first-order valence-electron chi connectivity index (χ1n) is 6.41. The maximum atomic E-state index is 6.02. The van der Waals surface area contributed by atoms with Crippen LogP contribution in [0.15, 0.2) is 0 Å². The predicted molar refractivity (Wildman–Crippen MR) is 70.1 cm³/mol. The van der Waals surface area contributed by atoms with Crippen molar-refractivity contribution in [1.82, 2.24) is 9.78 Å². The van der Waals surface area contributed by atoms with Gasteiger partial charge >= 0.3 is 0 Å². The van der Waals surface area contributed by atoms with Crippen molar-refractivity contribution >= 4 is 11.6 Å². The van der Waals surface area contributed by atoms with Crippen molar-refractivity contribution in [3.8, 4) is 0 Å². The van der Waals surface area contributed by atoms with Gasteiger partial charge in [-0.05, 0) is 19.3 Å². The number of aromatic nitrogens is 2. The lowest BCUT2D eigenvalue weighted by Gasteiger charge is -2.06. The van der Waals surface area contributed by atoms with Crippen molar-refractivity contribution in [2.45, 2.75) is 65.3 Å². The molecule has 0 unspecified atom stereocenters. The van der Waals surface area contributed by atoms with Crippen LogP contribution in [0.25, 0.3) is 0 Å². The highest BCUT2D eigenvalue weighted by atomic mass is 35.5. The van der Waals surface area contributed by atoms with Crippen LogP contribution < -0.4 is 0 Å². The van der Waals surface area contributed by atoms with Crippen LogP contribution in [0.3, 0.4) is 0 Å². The van der Waals surface area contributed by atoms with Crippen molar-refractivity contribution in [2.24, 2.45) is 0 Å². The van der Waals surface area contributed by atoms with E-state index in [-0.39, 0.29) is 0 Å². The van der Waals surface area contributed by atoms with E-state index in [4.69, 9.17) is 11.6 Å². The fourth-order valence-electron chi connectivity index (χ4n) is 2.12. The van der Waals surface area contributed by atoms with Gasteiger partial charge in [0.2, 0.25) is 0 Å². The molecule has 1 rings (SSSR count). The Kier molecular flexibility index (Phi) is 5.89. The fraction of sp³-hybridized carbons (Fsp3) is 0.769. The zero-order chi connectivity index (χ0) is 12.0. The standard InChI is InChI=1S/C13H23ClN2/c1-4-7-8-9-16-13(6-3)11(10-14)12(5-2)15-16/h4-10H2,1-3H3. The maximum absolute atomic E-state index is 6.02. The molecule has 0 saturated carbocycles. The van der Waals surface area contributed by atoms with Crippen molar-refractivity contribution in [3.63, 3.8) is 0 Å². The molecule has 0 atom stereocenters. The van der Waals surface area contributed by atoms with E-state index in [0.29, 0.717) is 5.88 Å². The van der Waals surface area contributed by atoms with Gasteiger partial charge in [0, 0.05) is 17.8 Å². The van der Waals surface area contributed by atoms with Crippen LogP contribution in [-0.4, -0.2) is 9.78 Å². The van der Waals surface area contributed by atoms with Crippen LogP contribution in [0, 0.1) is 0 Å². The first-order chi connectivity index (χ1) is 7.78. The number of unbranched alkanes of at least 4 members (excludes halogenated alkanes) is 2. The minimum absolute atomic E-state index is 0.597. The lowest BCUT2D eigenvalue weighted by Crippen LogP contribution is -2.05. The average Bonchev–Trinajstić information content (AvgIpc) is 2.66. The molecule has 0 fully saturated rings. The van der Waals surface area contributed by atoms with Gasteiger partial charge in [-0.3, -0.25) is 4.68 Å². The van der Waals surface area contributed by atoms with Crippen LogP contribution in [0.4, 0.5) is 0 Å². The molecular formula is C13H23ClN2. The van der Waals surface area contributed by atoms with Crippen LogP contribution in [0.1, 0.15) is 57.0 Å². The summed E-state index contributed by atoms with van der Waals surface area (Å²) >= 11 is 6.02. The van der Waals surface area contributed by atoms with Crippen molar-refractivity contribution in [1.29, 1.82) is 0 Å². The minimum Gasteiger partial charge on any atom is -0.269 e. The average molecular weight is 243 g/mol. The second-order valence-electron chi connectivity index (χ2n) is 4.14. The Hall–Kier alpha value is -0.500. The summed E-state index contributed by atoms with van der Waals surface area (Å²) in [5.41, 5.74) is 3.79. The molecule has 16 heavy (non-hydrogen) atoms. The van der Waals surface area contributed by atoms with Gasteiger partial charge in [0.15, 0.2) is 0 Å². The summed E-state index contributed by atoms with van der Waals surface area (Å²) in [6, 6.07) is 0. The third kappa shape index (κ3) is 3.00. The number of rotatable bonds is 7. The van der Waals surface area contributed by atoms with Gasteiger partial charge in [-0.1, -0.05) is 33.6 Å². The topological polar surface area (TPSA) is 17.8 Å². The summed E-state index contributed by atoms with van der Waals surface area (Å²) in [6.07, 6.45) is 5.76. The van der Waals surface area contributed by atoms with E-state index >= 15 is 0 Å². The third-order valence-electron chi connectivity index (χ3n) is 3.03. The highest BCUT2D eigenvalue weighted by Crippen LogP contribution is 2.19. The normalized spacial score (nSPS) is 11.0. The monoisotopic (exact) mass is 242 g/mol. The van der Waals surface area contributed by atoms with Gasteiger partial charge < -0.3 is 0 Å². The van der Waals surface area contributed by atoms with E-state index in [1.54, 1.807) is 0 Å². The molecule has 0 aromatic carbocycles. The lowest BCUT2D eigenvalue weighted by atomic mass is 10.1. The Bertz CT molecular complexity index is 318. The summed E-state index contributed by atoms with van der Waals surface area (Å²) in [7, 11) is 0. The Morgan fingerprint density at radius 1 is 1.12 bits per heavy atom. The molecule has 0 bridgehead atoms. The Morgan fingerprint density at radius 3 is 2.38 bits per heavy atom. The SMILES string of the molecule is CCCCCn1nc(CC)c(CCl)c1CC. The first-order valence-corrected chi connectivity index (χ1v) is 6.95. The maximum Gasteiger partial charge on any atom is 0.0668 e. The number of hydrogen-bond acceptors (Lipinski definition) is 1. The van der Waals surface area contributed by atoms with E-state index in [1.165, 1.54) is 36.2 Å². The molecule has 0 saturated heterocycles. The van der Waals surface area contributed by atoms with Crippen LogP contribution in [-0.2, 0) is 25.3 Å². The summed E-state index contributed by atoms with van der Waals surface area (Å²) in [4.78, 5) is 0. The van der Waals surface area contributed by atoms with E-state index < -0.39 is 0 Å². The van der Waals surface area contributed by atoms with Gasteiger partial charge in [-0.2, -0.15) is 5.10 Å². The third-order valence-corrected chi connectivity index (χ3v) is 3.29. The molecular weight excluding hydrogens is 220 g/mol. The van der Waals surface area contributed by atoms with E-state index in [0.717, 1.165) is 19.4 Å². The molecule has 0 radical (unpaired) electrons. The smallest absolute Gasteiger partial charge is 0.0668 e. The predicted octanol–water partition coefficient (Wildman–Crippen LogP) is 3.94. The second-order valence-corrected chi connectivity index (χ2v) is 4.41. The van der Waals surface area contributed by atoms with Crippen LogP contribution in [0.2, 0.25) is 0 Å². The van der Waals surface area contributed by atoms with Crippen LogP contribution in [0.5, 0.6) is 0 Å². The summed E-state index contributed by atoms with van der Waals surface area (Å²) in [5, 5.41) is 4.67. The van der Waals surface area contributed by atoms with Gasteiger partial charge in [0.05, 0.1) is 11.6 Å². The van der Waals surface area contributed by atoms with Crippen molar-refractivity contribution < 1.29 is 0 Å². The number of nitrogens with zero attached hydrogens (tertiary/aromatic N) is 2. The molecule has 1 aromatic rings. The molecule has 1 aromatic heterocycles. The van der Waals surface area contributed by atoms with Crippen molar-refractivity contribution in [2.75, 3.05) is 0 Å². The Morgan fingerprint density at radius 2 is 1.88 bits per heavy atom. The van der Waals surface area contributed by atoms with E-state index in [2.05, 4.69) is 30.6 Å². The Labute approximate surface area is 104 Å². The quantitative estimate of drug-likeness (QED) is 0.523. The van der Waals surface area contributed by atoms with Crippen molar-refractivity contribution in [3.05, 3.63) is 17.0 Å². The zero-order valence-corrected chi connectivity index (χ0v) is 11.5. The molecule has 3 heteroatoms. The Balaban J connectivity index is 2.85. The number of hydrogen-bond donors (Lipinski definition) is 0. The van der Waals surface area contributed by atoms with Crippen LogP contribution >= 0.6 is 11.6 Å². The highest BCUT2D eigenvalue weighted by Gasteiger charge is 2.13. The number of aryl methyl sites for hydroxylation is 2. The number of halogens is 1. The minimum atomic E-state index is 0.597. The first kappa shape index (κ1) is 13.6. The molecule has 92 valence electrons.